The van der Waals surface area contributed by atoms with E-state index < -0.39 is 236 Å². The van der Waals surface area contributed by atoms with Crippen molar-refractivity contribution in [1.29, 1.82) is 0 Å². The zero-order valence-corrected chi connectivity index (χ0v) is 78.8. The van der Waals surface area contributed by atoms with Crippen molar-refractivity contribution >= 4 is 133 Å². The predicted octanol–water partition coefficient (Wildman–Crippen LogP) is 6.59. The number of thiazole rings is 1. The quantitative estimate of drug-likeness (QED) is 0.0303. The van der Waals surface area contributed by atoms with Gasteiger partial charge in [0.05, 0.1) is 54.4 Å². The van der Waals surface area contributed by atoms with Crippen molar-refractivity contribution in [2.24, 2.45) is 11.8 Å². The number of halogens is 4. The van der Waals surface area contributed by atoms with Crippen molar-refractivity contribution in [2.75, 3.05) is 53.9 Å². The van der Waals surface area contributed by atoms with E-state index in [1.54, 1.807) is 130 Å². The number of phenols is 1. The molecule has 734 valence electrons. The second-order valence-corrected chi connectivity index (χ2v) is 36.2. The minimum absolute atomic E-state index is 0.0384. The number of hydrogen-bond acceptors (Lipinski definition) is 20. The van der Waals surface area contributed by atoms with E-state index in [-0.39, 0.29) is 92.9 Å². The number of carbonyl (C=O) groups excluding carboxylic acids is 14. The van der Waals surface area contributed by atoms with Crippen LogP contribution >= 0.6 is 22.9 Å². The average Bonchev–Trinajstić information content (AvgIpc) is 1.65. The Morgan fingerprint density at radius 2 is 1.20 bits per heavy atom. The van der Waals surface area contributed by atoms with Gasteiger partial charge in [0.15, 0.2) is 11.6 Å². The van der Waals surface area contributed by atoms with Gasteiger partial charge < -0.3 is 92.1 Å². The molecule has 9 aromatic rings. The number of likely N-dealkylation sites (N-methyl/N-ethyl adjacent to an activating group) is 3. The van der Waals surface area contributed by atoms with Crippen LogP contribution in [0.3, 0.4) is 0 Å². The Kier molecular flexibility index (Phi) is 36.7. The summed E-state index contributed by atoms with van der Waals surface area (Å²) in [6, 6.07) is 20.6. The third-order valence-corrected chi connectivity index (χ3v) is 26.2. The first-order valence-electron chi connectivity index (χ1n) is 45.6. The van der Waals surface area contributed by atoms with Crippen LogP contribution in [0.25, 0.3) is 21.8 Å². The minimum atomic E-state index is -4.85. The summed E-state index contributed by atoms with van der Waals surface area (Å²) in [5.74, 6) is -18.5. The van der Waals surface area contributed by atoms with Gasteiger partial charge in [-0.1, -0.05) is 135 Å². The molecule has 3 aromatic heterocycles. The Balaban J connectivity index is 1.04. The second-order valence-electron chi connectivity index (χ2n) is 35.1. The number of para-hydroxylation sites is 2. The summed E-state index contributed by atoms with van der Waals surface area (Å²) in [6.07, 6.45) is -8.23. The van der Waals surface area contributed by atoms with E-state index in [0.29, 0.717) is 49.8 Å². The Bertz CT molecular complexity index is 5850. The van der Waals surface area contributed by atoms with Crippen LogP contribution in [0.15, 0.2) is 175 Å². The van der Waals surface area contributed by atoms with Crippen LogP contribution in [0.2, 0.25) is 5.02 Å². The van der Waals surface area contributed by atoms with E-state index in [4.69, 9.17) is 11.6 Å². The number of carboxylic acid groups (broad SMARTS) is 1. The fraction of sp³-hybridized carbons (Fsp3) is 0.414. The third-order valence-electron chi connectivity index (χ3n) is 25.3. The van der Waals surface area contributed by atoms with Gasteiger partial charge in [-0.3, -0.25) is 67.1 Å². The van der Waals surface area contributed by atoms with Gasteiger partial charge in [-0.15, -0.1) is 11.3 Å². The van der Waals surface area contributed by atoms with Crippen LogP contribution in [0.5, 0.6) is 5.75 Å². The monoisotopic (exact) mass is 1940 g/mol. The van der Waals surface area contributed by atoms with Gasteiger partial charge in [-0.05, 0) is 134 Å². The molecule has 2 fully saturated rings. The lowest BCUT2D eigenvalue weighted by Gasteiger charge is -2.34. The van der Waals surface area contributed by atoms with Gasteiger partial charge in [0, 0.05) is 136 Å². The topological polar surface area (TPSA) is 482 Å². The summed E-state index contributed by atoms with van der Waals surface area (Å²) in [4.78, 5) is 244. The molecule has 2 aliphatic heterocycles. The van der Waals surface area contributed by atoms with Gasteiger partial charge >= 0.3 is 12.1 Å². The Morgan fingerprint density at radius 1 is 0.616 bits per heavy atom. The highest BCUT2D eigenvalue weighted by Crippen LogP contribution is 2.33. The van der Waals surface area contributed by atoms with Crippen LogP contribution in [0.1, 0.15) is 130 Å². The minimum Gasteiger partial charge on any atom is -0.508 e. The van der Waals surface area contributed by atoms with E-state index in [1.807, 2.05) is 0 Å². The van der Waals surface area contributed by atoms with Crippen LogP contribution in [-0.4, -0.2) is 269 Å². The first-order valence-corrected chi connectivity index (χ1v) is 46.9. The zero-order chi connectivity index (χ0) is 99.9. The van der Waals surface area contributed by atoms with Crippen molar-refractivity contribution in [1.82, 2.24) is 76.7 Å². The molecule has 0 unspecified atom stereocenters. The van der Waals surface area contributed by atoms with Gasteiger partial charge in [0.25, 0.3) is 0 Å². The number of H-pyrrole nitrogens is 2. The van der Waals surface area contributed by atoms with E-state index >= 15 is 47.9 Å². The molecule has 39 heteroatoms. The highest BCUT2D eigenvalue weighted by molar-refractivity contribution is 7.07. The molecule has 6 aromatic carbocycles. The molecule has 13 N–H and O–H groups in total. The molecule has 5 heterocycles. The summed E-state index contributed by atoms with van der Waals surface area (Å²) in [5, 5.41) is 63.1. The van der Waals surface area contributed by atoms with Crippen LogP contribution in [0, 0.1) is 11.8 Å². The second kappa shape index (κ2) is 48.3. The molecule has 0 spiro atoms. The number of Topliss-reactive ketones (excluding diaryl/α,β-unsaturated/α-hetero) is 2. The number of alkyl halides is 3. The van der Waals surface area contributed by atoms with Crippen molar-refractivity contribution in [2.45, 2.75) is 196 Å². The number of aromatic amines is 2. The number of carbonyl (C=O) groups is 15. The number of nitrogens with one attached hydrogen (secondary N) is 9. The number of aliphatic carboxylic acids is 1. The van der Waals surface area contributed by atoms with Crippen molar-refractivity contribution < 1.29 is 106 Å². The number of phenolic OH excluding ortho intramolecular Hbond substituents is 1. The Hall–Kier alpha value is -13.7. The number of aromatic hydroxyl groups is 1. The van der Waals surface area contributed by atoms with E-state index in [0.717, 1.165) is 43.9 Å². The number of amides is 12. The Morgan fingerprint density at radius 3 is 1.79 bits per heavy atom. The standard InChI is InChI=1S/C99H115ClF3N15O19S/c1-8-56(3)87-97(135)116(7)81(47-67-54-138-55-106-67)93(131)110-76(45-64-51-105-73-27-16-14-25-70(64)73)91(129)109-75(44-63-50-104-72-26-15-13-24-69(63)72)90(128)108-74(42-59-30-34-65(35-31-59)99(101,102)103)82(122)46-62(40-58-32-36-68(121)37-33-58)94(132)115(6)80(43-60-20-17-23-66(100)41-60)92(130)111-77(95(133)118-39-18-28-79(118)96(134)114(5)52-85(125)107-78(53-119)98(136)137)49-86(126)117(9-2)38-19-29-84(124)112-88(57(4)120)83(123)48-71(89(127)113-87)61-21-11-10-12-22-61/h10-17,20-27,30-37,41,50-51,54-57,62,71,74-81,87-88,104-105,119-121H,8-9,18-19,28-29,38-40,42-49,52-53H2,1-7H3,(H,107,125)(H,108,128)(H,109,129)(H,110,131)(H,111,130)(H,112,124)(H,113,127)(H,136,137)/t56-,57+,62-,71-,74-,75-,76-,77-,78-,79-,80-,81-,87-,88-/m0/s1. The zero-order valence-electron chi connectivity index (χ0n) is 77.3. The maximum absolute atomic E-state index is 16.3. The first-order chi connectivity index (χ1) is 65.8. The molecular formula is C99H115ClF3N15O19S. The molecule has 14 atom stereocenters. The SMILES string of the molecule is CC[C@H](C)[C@@H]1NC(=O)[C@H](c2ccccc2)CC(=O)[C@H]([C@@H](C)O)NC(=O)CCCN(CC)C(=O)C[C@@H](C(=O)N2CCC[C@H]2C(=O)N(C)CC(=O)N[C@@H](CO)C(=O)O)NC(=O)[C@H](Cc2cccc(Cl)c2)N(C)C(=O)[C@@H](Cc2ccc(O)cc2)CC(=O)[C@H](Cc2ccc(C(F)(F)F)cc2)NC(=O)[C@H](Cc2c[nH]c3ccccc23)NC(=O)[C@H](Cc2c[nH]c3ccccc23)NC(=O)[C@H](Cc2cscn2)N(C)C1=O. The number of carboxylic acids is 1. The number of hydrogen-bond donors (Lipinski definition) is 13. The summed E-state index contributed by atoms with van der Waals surface area (Å²) in [6.45, 7) is 3.97. The van der Waals surface area contributed by atoms with E-state index in [2.05, 4.69) is 52.2 Å². The summed E-state index contributed by atoms with van der Waals surface area (Å²) < 4.78 is 43.4. The fourth-order valence-electron chi connectivity index (χ4n) is 17.3. The summed E-state index contributed by atoms with van der Waals surface area (Å²) >= 11 is 7.81. The molecule has 34 nitrogen and oxygen atoms in total. The molecule has 0 saturated carbocycles. The highest BCUT2D eigenvalue weighted by Gasteiger charge is 2.45. The maximum Gasteiger partial charge on any atom is 0.416 e. The normalized spacial score (nSPS) is 22.2. The molecule has 0 radical (unpaired) electrons. The number of benzene rings is 6. The maximum atomic E-state index is 16.3. The van der Waals surface area contributed by atoms with Crippen molar-refractivity contribution in [3.8, 4) is 5.75 Å². The number of ketones is 2. The van der Waals surface area contributed by atoms with Gasteiger partial charge in [-0.2, -0.15) is 13.2 Å². The van der Waals surface area contributed by atoms with Crippen LogP contribution < -0.4 is 37.2 Å². The molecular weight excluding hydrogens is 1830 g/mol. The number of rotatable bonds is 24. The number of likely N-dealkylation sites (tertiary alicyclic amines) is 1. The lowest BCUT2D eigenvalue weighted by atomic mass is 9.88. The van der Waals surface area contributed by atoms with Crippen LogP contribution in [0.4, 0.5) is 13.2 Å². The Labute approximate surface area is 803 Å². The van der Waals surface area contributed by atoms with E-state index in [9.17, 15) is 57.6 Å². The lowest BCUT2D eigenvalue weighted by Crippen LogP contribution is -2.61. The molecule has 0 bridgehead atoms. The molecule has 12 amide bonds. The molecule has 138 heavy (non-hydrogen) atoms. The smallest absolute Gasteiger partial charge is 0.416 e. The van der Waals surface area contributed by atoms with Gasteiger partial charge in [0.2, 0.25) is 70.9 Å². The molecule has 2 saturated heterocycles. The number of aliphatic hydroxyl groups is 2. The van der Waals surface area contributed by atoms with Gasteiger partial charge in [0.1, 0.15) is 60.1 Å². The van der Waals surface area contributed by atoms with E-state index in [1.165, 1.54) is 86.2 Å². The summed E-state index contributed by atoms with van der Waals surface area (Å²) in [7, 11) is 3.75. The molecule has 2 aliphatic rings. The number of nitrogens with zero attached hydrogens (tertiary/aromatic N) is 6. The highest BCUT2D eigenvalue weighted by atomic mass is 35.5. The van der Waals surface area contributed by atoms with Gasteiger partial charge in [-0.25, -0.2) is 9.78 Å². The van der Waals surface area contributed by atoms with Crippen LogP contribution in [-0.2, 0) is 117 Å². The third kappa shape index (κ3) is 27.6. The molecule has 11 rings (SSSR count). The molecule has 0 aliphatic carbocycles. The van der Waals surface area contributed by atoms with Crippen molar-refractivity contribution in [3.63, 3.8) is 0 Å². The lowest BCUT2D eigenvalue weighted by molar-refractivity contribution is -0.149. The first kappa shape index (κ1) is 105. The average molecular weight is 1940 g/mol. The largest absolute Gasteiger partial charge is 0.508 e. The number of fused-ring (bicyclic) bond motifs is 2. The number of aromatic nitrogens is 3. The number of aliphatic hydroxyl groups excluding tert-OH is 2. The fourth-order valence-corrected chi connectivity index (χ4v) is 18.1. The summed E-state index contributed by atoms with van der Waals surface area (Å²) in [5.41, 5.74) is 3.84. The predicted molar refractivity (Wildman–Crippen MR) is 505 cm³/mol. The van der Waals surface area contributed by atoms with Crippen molar-refractivity contribution in [3.05, 3.63) is 225 Å².